The van der Waals surface area contributed by atoms with Crippen molar-refractivity contribution in [3.05, 3.63) is 29.8 Å². The Balaban J connectivity index is 2.51. The summed E-state index contributed by atoms with van der Waals surface area (Å²) >= 11 is 0. The Morgan fingerprint density at radius 1 is 1.56 bits per heavy atom. The van der Waals surface area contributed by atoms with Gasteiger partial charge in [-0.15, -0.1) is 0 Å². The van der Waals surface area contributed by atoms with E-state index in [9.17, 15) is 4.79 Å². The lowest BCUT2D eigenvalue weighted by molar-refractivity contribution is -0.131. The molecule has 16 heavy (non-hydrogen) atoms. The highest BCUT2D eigenvalue weighted by atomic mass is 16.5. The number of carbonyl (C=O) groups is 1. The summed E-state index contributed by atoms with van der Waals surface area (Å²) in [4.78, 5) is 10.7. The second-order valence-corrected chi connectivity index (χ2v) is 3.44. The highest BCUT2D eigenvalue weighted by Gasteiger charge is 2.19. The summed E-state index contributed by atoms with van der Waals surface area (Å²) in [5, 5.41) is 8.77. The van der Waals surface area contributed by atoms with Gasteiger partial charge in [-0.25, -0.2) is 4.79 Å². The van der Waals surface area contributed by atoms with Crippen molar-refractivity contribution in [2.75, 3.05) is 13.7 Å². The van der Waals surface area contributed by atoms with Gasteiger partial charge in [-0.05, 0) is 11.6 Å². The third-order valence-corrected chi connectivity index (χ3v) is 2.46. The van der Waals surface area contributed by atoms with Gasteiger partial charge in [-0.3, -0.25) is 0 Å². The number of aliphatic carboxylic acids is 1. The Bertz CT molecular complexity index is 448. The maximum atomic E-state index is 10.7. The summed E-state index contributed by atoms with van der Waals surface area (Å²) in [6.07, 6.45) is 1.83. The summed E-state index contributed by atoms with van der Waals surface area (Å²) in [7, 11) is 1.56. The standard InChI is InChI=1S/C12H12O4/c1-15-10-4-2-3-9-8(7-11(13)14)5-6-16-12(9)10/h2-4,7H,5-6H2,1H3,(H,13,14)/b8-7+. The smallest absolute Gasteiger partial charge is 0.328 e. The number of fused-ring (bicyclic) bond motifs is 1. The van der Waals surface area contributed by atoms with E-state index >= 15 is 0 Å². The molecule has 0 unspecified atom stereocenters. The predicted octanol–water partition coefficient (Wildman–Crippen LogP) is 1.95. The molecule has 0 atom stereocenters. The Hall–Kier alpha value is -1.97. The molecule has 0 fully saturated rings. The van der Waals surface area contributed by atoms with Gasteiger partial charge in [0, 0.05) is 18.1 Å². The molecule has 2 rings (SSSR count). The second-order valence-electron chi connectivity index (χ2n) is 3.44. The number of carboxylic acid groups (broad SMARTS) is 1. The monoisotopic (exact) mass is 220 g/mol. The fourth-order valence-corrected chi connectivity index (χ4v) is 1.78. The molecule has 84 valence electrons. The number of ether oxygens (including phenoxy) is 2. The molecule has 4 heteroatoms. The van der Waals surface area contributed by atoms with E-state index in [1.807, 2.05) is 12.1 Å². The molecule has 0 spiro atoms. The van der Waals surface area contributed by atoms with Crippen molar-refractivity contribution < 1.29 is 19.4 Å². The molecular weight excluding hydrogens is 208 g/mol. The maximum absolute atomic E-state index is 10.7. The third kappa shape index (κ3) is 1.86. The van der Waals surface area contributed by atoms with Gasteiger partial charge in [0.15, 0.2) is 11.5 Å². The third-order valence-electron chi connectivity index (χ3n) is 2.46. The first-order valence-electron chi connectivity index (χ1n) is 4.96. The Kier molecular flexibility index (Phi) is 2.81. The minimum Gasteiger partial charge on any atom is -0.493 e. The predicted molar refractivity (Wildman–Crippen MR) is 58.7 cm³/mol. The molecular formula is C12H12O4. The summed E-state index contributed by atoms with van der Waals surface area (Å²) in [5.74, 6) is 0.322. The van der Waals surface area contributed by atoms with Crippen LogP contribution in [0.4, 0.5) is 0 Å². The van der Waals surface area contributed by atoms with Crippen LogP contribution in [0.3, 0.4) is 0 Å². The SMILES string of the molecule is COc1cccc2c1OCC/C2=C\C(=O)O. The van der Waals surface area contributed by atoms with Crippen molar-refractivity contribution in [3.63, 3.8) is 0 Å². The summed E-state index contributed by atoms with van der Waals surface area (Å²) < 4.78 is 10.7. The molecule has 1 aromatic carbocycles. The van der Waals surface area contributed by atoms with Crippen molar-refractivity contribution >= 4 is 11.5 Å². The first-order valence-corrected chi connectivity index (χ1v) is 4.96. The first kappa shape index (κ1) is 10.5. The molecule has 0 bridgehead atoms. The number of methoxy groups -OCH3 is 1. The number of para-hydroxylation sites is 1. The van der Waals surface area contributed by atoms with Crippen molar-refractivity contribution in [1.29, 1.82) is 0 Å². The topological polar surface area (TPSA) is 55.8 Å². The zero-order valence-electron chi connectivity index (χ0n) is 8.90. The molecule has 1 N–H and O–H groups in total. The van der Waals surface area contributed by atoms with Crippen LogP contribution in [0.15, 0.2) is 24.3 Å². The fraction of sp³-hybridized carbons (Fsp3) is 0.250. The van der Waals surface area contributed by atoms with E-state index in [-0.39, 0.29) is 0 Å². The number of benzene rings is 1. The van der Waals surface area contributed by atoms with Gasteiger partial charge in [0.05, 0.1) is 13.7 Å². The van der Waals surface area contributed by atoms with E-state index in [1.54, 1.807) is 13.2 Å². The Morgan fingerprint density at radius 3 is 3.06 bits per heavy atom. The van der Waals surface area contributed by atoms with E-state index in [0.717, 1.165) is 11.1 Å². The number of rotatable bonds is 2. The molecule has 1 heterocycles. The molecule has 1 aliphatic heterocycles. The quantitative estimate of drug-likeness (QED) is 0.774. The summed E-state index contributed by atoms with van der Waals surface area (Å²) in [6, 6.07) is 5.45. The molecule has 0 saturated carbocycles. The molecule has 1 aromatic rings. The molecule has 1 aliphatic rings. The minimum atomic E-state index is -0.939. The van der Waals surface area contributed by atoms with E-state index in [1.165, 1.54) is 6.08 Å². The second kappa shape index (κ2) is 4.26. The lowest BCUT2D eigenvalue weighted by atomic mass is 9.99. The number of carboxylic acids is 1. The molecule has 4 nitrogen and oxygen atoms in total. The van der Waals surface area contributed by atoms with E-state index < -0.39 is 5.97 Å². The van der Waals surface area contributed by atoms with Gasteiger partial charge in [-0.2, -0.15) is 0 Å². The average molecular weight is 220 g/mol. The van der Waals surface area contributed by atoms with Crippen LogP contribution in [-0.4, -0.2) is 24.8 Å². The Morgan fingerprint density at radius 2 is 2.38 bits per heavy atom. The van der Waals surface area contributed by atoms with Crippen LogP contribution in [0.25, 0.3) is 5.57 Å². The van der Waals surface area contributed by atoms with Crippen molar-refractivity contribution in [2.45, 2.75) is 6.42 Å². The maximum Gasteiger partial charge on any atom is 0.328 e. The summed E-state index contributed by atoms with van der Waals surface area (Å²) in [5.41, 5.74) is 1.57. The fourth-order valence-electron chi connectivity index (χ4n) is 1.78. The first-order chi connectivity index (χ1) is 7.72. The molecule has 0 aromatic heterocycles. The van der Waals surface area contributed by atoms with Gasteiger partial charge in [0.25, 0.3) is 0 Å². The van der Waals surface area contributed by atoms with E-state index in [2.05, 4.69) is 0 Å². The molecule has 0 amide bonds. The average Bonchev–Trinajstić information content (AvgIpc) is 2.28. The normalized spacial score (nSPS) is 16.4. The van der Waals surface area contributed by atoms with Gasteiger partial charge in [0.2, 0.25) is 0 Å². The lowest BCUT2D eigenvalue weighted by Gasteiger charge is -2.21. The van der Waals surface area contributed by atoms with Crippen molar-refractivity contribution in [3.8, 4) is 11.5 Å². The molecule has 0 saturated heterocycles. The van der Waals surface area contributed by atoms with Crippen LogP contribution >= 0.6 is 0 Å². The zero-order valence-corrected chi connectivity index (χ0v) is 8.90. The summed E-state index contributed by atoms with van der Waals surface area (Å²) in [6.45, 7) is 0.479. The lowest BCUT2D eigenvalue weighted by Crippen LogP contribution is -2.10. The van der Waals surface area contributed by atoms with Crippen molar-refractivity contribution in [2.24, 2.45) is 0 Å². The van der Waals surface area contributed by atoms with Crippen LogP contribution in [0.5, 0.6) is 11.5 Å². The van der Waals surface area contributed by atoms with Gasteiger partial charge in [-0.1, -0.05) is 12.1 Å². The number of hydrogen-bond donors (Lipinski definition) is 1. The van der Waals surface area contributed by atoms with E-state index in [0.29, 0.717) is 24.5 Å². The molecule has 0 aliphatic carbocycles. The van der Waals surface area contributed by atoms with Crippen LogP contribution < -0.4 is 9.47 Å². The Labute approximate surface area is 93.1 Å². The van der Waals surface area contributed by atoms with Gasteiger partial charge < -0.3 is 14.6 Å². The van der Waals surface area contributed by atoms with Crippen molar-refractivity contribution in [1.82, 2.24) is 0 Å². The van der Waals surface area contributed by atoms with Gasteiger partial charge in [0.1, 0.15) is 0 Å². The highest BCUT2D eigenvalue weighted by Crippen LogP contribution is 2.39. The van der Waals surface area contributed by atoms with Crippen LogP contribution in [0.2, 0.25) is 0 Å². The van der Waals surface area contributed by atoms with Crippen LogP contribution in [0, 0.1) is 0 Å². The largest absolute Gasteiger partial charge is 0.493 e. The molecule has 0 radical (unpaired) electrons. The van der Waals surface area contributed by atoms with Crippen LogP contribution in [0.1, 0.15) is 12.0 Å². The number of hydrogen-bond acceptors (Lipinski definition) is 3. The zero-order chi connectivity index (χ0) is 11.5. The van der Waals surface area contributed by atoms with Crippen LogP contribution in [-0.2, 0) is 4.79 Å². The van der Waals surface area contributed by atoms with Gasteiger partial charge >= 0.3 is 5.97 Å². The minimum absolute atomic E-state index is 0.479. The highest BCUT2D eigenvalue weighted by molar-refractivity contribution is 5.91. The van der Waals surface area contributed by atoms with E-state index in [4.69, 9.17) is 14.6 Å².